The van der Waals surface area contributed by atoms with Crippen LogP contribution in [0.3, 0.4) is 0 Å². The van der Waals surface area contributed by atoms with E-state index in [2.05, 4.69) is 19.2 Å². The van der Waals surface area contributed by atoms with Gasteiger partial charge in [0.1, 0.15) is 5.82 Å². The van der Waals surface area contributed by atoms with E-state index in [0.29, 0.717) is 23.0 Å². The third-order valence-corrected chi connectivity index (χ3v) is 3.42. The van der Waals surface area contributed by atoms with Gasteiger partial charge in [0.2, 0.25) is 0 Å². The van der Waals surface area contributed by atoms with Crippen molar-refractivity contribution in [1.82, 2.24) is 5.32 Å². The molecule has 0 radical (unpaired) electrons. The summed E-state index contributed by atoms with van der Waals surface area (Å²) in [6, 6.07) is 5.11. The summed E-state index contributed by atoms with van der Waals surface area (Å²) < 4.78 is 12.8. The molecule has 3 heteroatoms. The number of hydrogen-bond acceptors (Lipinski definition) is 1. The topological polar surface area (TPSA) is 12.0 Å². The molecule has 0 saturated heterocycles. The zero-order valence-electron chi connectivity index (χ0n) is 8.98. The van der Waals surface area contributed by atoms with E-state index >= 15 is 0 Å². The number of halogens is 2. The van der Waals surface area contributed by atoms with Gasteiger partial charge in [-0.1, -0.05) is 31.5 Å². The van der Waals surface area contributed by atoms with Crippen molar-refractivity contribution >= 4 is 11.6 Å². The summed E-state index contributed by atoms with van der Waals surface area (Å²) in [5.74, 6) is -0.282. The molecule has 0 bridgehead atoms. The van der Waals surface area contributed by atoms with Gasteiger partial charge < -0.3 is 5.32 Å². The number of nitrogens with one attached hydrogen (secondary N) is 1. The Morgan fingerprint density at radius 3 is 2.73 bits per heavy atom. The predicted octanol–water partition coefficient (Wildman–Crippen LogP) is 3.37. The predicted molar refractivity (Wildman–Crippen MR) is 60.4 cm³/mol. The highest BCUT2D eigenvalue weighted by atomic mass is 35.5. The number of hydrogen-bond donors (Lipinski definition) is 1. The van der Waals surface area contributed by atoms with E-state index in [4.69, 9.17) is 11.6 Å². The molecule has 1 saturated carbocycles. The first-order valence-electron chi connectivity index (χ1n) is 5.16. The van der Waals surface area contributed by atoms with E-state index in [1.54, 1.807) is 6.07 Å². The lowest BCUT2D eigenvalue weighted by molar-refractivity contribution is 0.541. The van der Waals surface area contributed by atoms with Gasteiger partial charge in [-0.05, 0) is 29.5 Å². The summed E-state index contributed by atoms with van der Waals surface area (Å²) in [4.78, 5) is 0. The Morgan fingerprint density at radius 1 is 1.53 bits per heavy atom. The molecule has 0 spiro atoms. The average Bonchev–Trinajstić information content (AvgIpc) is 2.73. The molecule has 15 heavy (non-hydrogen) atoms. The fraction of sp³-hybridized carbons (Fsp3) is 0.500. The summed E-state index contributed by atoms with van der Waals surface area (Å²) in [5, 5.41) is 3.92. The first-order chi connectivity index (χ1) is 6.99. The zero-order chi connectivity index (χ0) is 11.1. The van der Waals surface area contributed by atoms with Gasteiger partial charge in [-0.3, -0.25) is 0 Å². The second kappa shape index (κ2) is 3.76. The lowest BCUT2D eigenvalue weighted by atomic mass is 10.2. The second-order valence-electron chi connectivity index (χ2n) is 4.86. The van der Waals surface area contributed by atoms with Crippen molar-refractivity contribution in [3.8, 4) is 0 Å². The van der Waals surface area contributed by atoms with Crippen molar-refractivity contribution < 1.29 is 4.39 Å². The molecule has 1 aromatic rings. The van der Waals surface area contributed by atoms with Gasteiger partial charge in [-0.2, -0.15) is 0 Å². The van der Waals surface area contributed by atoms with Crippen LogP contribution < -0.4 is 5.32 Å². The van der Waals surface area contributed by atoms with E-state index in [-0.39, 0.29) is 5.82 Å². The summed E-state index contributed by atoms with van der Waals surface area (Å²) in [7, 11) is 0. The lowest BCUT2D eigenvalue weighted by Gasteiger charge is -2.08. The average molecular weight is 228 g/mol. The maximum atomic E-state index is 12.8. The van der Waals surface area contributed by atoms with E-state index in [0.717, 1.165) is 5.56 Å². The molecule has 0 aromatic heterocycles. The highest BCUT2D eigenvalue weighted by Crippen LogP contribution is 2.44. The van der Waals surface area contributed by atoms with Crippen LogP contribution in [-0.4, -0.2) is 6.04 Å². The van der Waals surface area contributed by atoms with Gasteiger partial charge in [-0.25, -0.2) is 4.39 Å². The molecule has 1 unspecified atom stereocenters. The highest BCUT2D eigenvalue weighted by molar-refractivity contribution is 6.31. The summed E-state index contributed by atoms with van der Waals surface area (Å²) >= 11 is 5.92. The zero-order valence-corrected chi connectivity index (χ0v) is 9.74. The normalized spacial score (nSPS) is 22.8. The monoisotopic (exact) mass is 227 g/mol. The van der Waals surface area contributed by atoms with E-state index < -0.39 is 0 Å². The molecule has 1 atom stereocenters. The Bertz CT molecular complexity index is 376. The molecule has 2 rings (SSSR count). The number of rotatable bonds is 3. The van der Waals surface area contributed by atoms with Crippen molar-refractivity contribution in [2.75, 3.05) is 0 Å². The van der Waals surface area contributed by atoms with E-state index in [9.17, 15) is 4.39 Å². The Balaban J connectivity index is 1.94. The molecule has 1 aliphatic rings. The highest BCUT2D eigenvalue weighted by Gasteiger charge is 2.44. The van der Waals surface area contributed by atoms with Crippen LogP contribution in [0.15, 0.2) is 18.2 Å². The summed E-state index contributed by atoms with van der Waals surface area (Å²) in [5.41, 5.74) is 1.37. The number of benzene rings is 1. The van der Waals surface area contributed by atoms with Crippen molar-refractivity contribution in [3.63, 3.8) is 0 Å². The molecule has 1 aromatic carbocycles. The van der Waals surface area contributed by atoms with Crippen LogP contribution in [0.4, 0.5) is 4.39 Å². The third-order valence-electron chi connectivity index (χ3n) is 3.07. The molecular weight excluding hydrogens is 213 g/mol. The van der Waals surface area contributed by atoms with Gasteiger partial charge in [0.25, 0.3) is 0 Å². The maximum Gasteiger partial charge on any atom is 0.124 e. The minimum absolute atomic E-state index is 0.282. The molecule has 0 amide bonds. The molecule has 0 heterocycles. The van der Waals surface area contributed by atoms with Crippen molar-refractivity contribution in [1.29, 1.82) is 0 Å². The fourth-order valence-corrected chi connectivity index (χ4v) is 1.95. The van der Waals surface area contributed by atoms with Crippen LogP contribution in [0.1, 0.15) is 25.8 Å². The van der Waals surface area contributed by atoms with Gasteiger partial charge in [0, 0.05) is 17.6 Å². The van der Waals surface area contributed by atoms with Crippen molar-refractivity contribution in [2.45, 2.75) is 32.9 Å². The molecule has 0 aliphatic heterocycles. The van der Waals surface area contributed by atoms with Crippen LogP contribution in [0.25, 0.3) is 0 Å². The summed E-state index contributed by atoms with van der Waals surface area (Å²) in [6.45, 7) is 5.18. The minimum Gasteiger partial charge on any atom is -0.309 e. The maximum absolute atomic E-state index is 12.8. The minimum atomic E-state index is -0.282. The first-order valence-corrected chi connectivity index (χ1v) is 5.54. The molecule has 1 aliphatic carbocycles. The Kier molecular flexibility index (Phi) is 2.73. The quantitative estimate of drug-likeness (QED) is 0.835. The smallest absolute Gasteiger partial charge is 0.124 e. The van der Waals surface area contributed by atoms with Crippen LogP contribution in [0.5, 0.6) is 0 Å². The van der Waals surface area contributed by atoms with Crippen LogP contribution >= 0.6 is 11.6 Å². The van der Waals surface area contributed by atoms with Crippen LogP contribution in [0, 0.1) is 11.2 Å². The molecule has 1 fully saturated rings. The van der Waals surface area contributed by atoms with Crippen molar-refractivity contribution in [2.24, 2.45) is 5.41 Å². The molecule has 1 nitrogen and oxygen atoms in total. The van der Waals surface area contributed by atoms with Crippen LogP contribution in [0.2, 0.25) is 5.02 Å². The standard InChI is InChI=1S/C12H15ClFN/c1-12(2)6-11(12)15-7-8-3-4-9(14)5-10(8)13/h3-5,11,15H,6-7H2,1-2H3. The SMILES string of the molecule is CC1(C)CC1NCc1ccc(F)cc1Cl. The van der Waals surface area contributed by atoms with Crippen molar-refractivity contribution in [3.05, 3.63) is 34.6 Å². The Hall–Kier alpha value is -0.600. The fourth-order valence-electron chi connectivity index (χ4n) is 1.71. The second-order valence-corrected chi connectivity index (χ2v) is 5.27. The van der Waals surface area contributed by atoms with Crippen LogP contribution in [-0.2, 0) is 6.54 Å². The van der Waals surface area contributed by atoms with E-state index in [1.165, 1.54) is 18.6 Å². The van der Waals surface area contributed by atoms with Gasteiger partial charge in [-0.15, -0.1) is 0 Å². The van der Waals surface area contributed by atoms with Gasteiger partial charge in [0.15, 0.2) is 0 Å². The van der Waals surface area contributed by atoms with Gasteiger partial charge >= 0.3 is 0 Å². The molecular formula is C12H15ClFN. The lowest BCUT2D eigenvalue weighted by Crippen LogP contribution is -2.20. The molecule has 82 valence electrons. The largest absolute Gasteiger partial charge is 0.309 e. The Labute approximate surface area is 94.6 Å². The third kappa shape index (κ3) is 2.50. The van der Waals surface area contributed by atoms with E-state index in [1.807, 2.05) is 0 Å². The van der Waals surface area contributed by atoms with Gasteiger partial charge in [0.05, 0.1) is 0 Å². The summed E-state index contributed by atoms with van der Waals surface area (Å²) in [6.07, 6.45) is 1.20. The Morgan fingerprint density at radius 2 is 2.20 bits per heavy atom. The molecule has 1 N–H and O–H groups in total. The first kappa shape index (κ1) is 10.9.